The Bertz CT molecular complexity index is 675. The van der Waals surface area contributed by atoms with Gasteiger partial charge in [-0.25, -0.2) is 8.78 Å². The van der Waals surface area contributed by atoms with E-state index in [0.717, 1.165) is 12.1 Å². The second-order valence-electron chi connectivity index (χ2n) is 5.05. The zero-order valence-electron chi connectivity index (χ0n) is 12.9. The quantitative estimate of drug-likeness (QED) is 0.859. The van der Waals surface area contributed by atoms with Gasteiger partial charge in [-0.15, -0.1) is 0 Å². The number of benzene rings is 2. The highest BCUT2D eigenvalue weighted by Gasteiger charge is 2.10. The van der Waals surface area contributed by atoms with E-state index in [4.69, 9.17) is 4.74 Å². The van der Waals surface area contributed by atoms with Crippen molar-refractivity contribution >= 4 is 11.6 Å². The van der Waals surface area contributed by atoms with Gasteiger partial charge in [-0.3, -0.25) is 4.79 Å². The molecule has 4 nitrogen and oxygen atoms in total. The lowest BCUT2D eigenvalue weighted by molar-refractivity contribution is -0.115. The van der Waals surface area contributed by atoms with Gasteiger partial charge in [0.1, 0.15) is 5.75 Å². The fraction of sp³-hybridized carbons (Fsp3) is 0.235. The van der Waals surface area contributed by atoms with E-state index >= 15 is 0 Å². The second-order valence-corrected chi connectivity index (χ2v) is 5.05. The number of methoxy groups -OCH3 is 1. The number of nitrogens with one attached hydrogen (secondary N) is 2. The standard InChI is InChI=1S/C17H18F2N2O2/c1-11(12-3-8-15(18)16(19)9-12)20-10-17(22)21-13-4-6-14(23-2)7-5-13/h3-9,11,20H,10H2,1-2H3,(H,21,22)/t11-/m1/s1. The van der Waals surface area contributed by atoms with Gasteiger partial charge in [-0.2, -0.15) is 0 Å². The molecule has 0 aliphatic rings. The lowest BCUT2D eigenvalue weighted by Gasteiger charge is -2.14. The molecule has 0 radical (unpaired) electrons. The average Bonchev–Trinajstić information content (AvgIpc) is 2.56. The molecule has 0 bridgehead atoms. The second kappa shape index (κ2) is 7.69. The average molecular weight is 320 g/mol. The summed E-state index contributed by atoms with van der Waals surface area (Å²) in [5, 5.41) is 5.69. The summed E-state index contributed by atoms with van der Waals surface area (Å²) in [6, 6.07) is 10.3. The van der Waals surface area contributed by atoms with Gasteiger partial charge in [0.15, 0.2) is 11.6 Å². The maximum atomic E-state index is 13.2. The van der Waals surface area contributed by atoms with Crippen LogP contribution >= 0.6 is 0 Å². The number of carbonyl (C=O) groups is 1. The van der Waals surface area contributed by atoms with Crippen molar-refractivity contribution in [3.63, 3.8) is 0 Å². The Kier molecular flexibility index (Phi) is 5.65. The summed E-state index contributed by atoms with van der Waals surface area (Å²) in [5.41, 5.74) is 1.22. The van der Waals surface area contributed by atoms with Crippen molar-refractivity contribution in [2.45, 2.75) is 13.0 Å². The van der Waals surface area contributed by atoms with Gasteiger partial charge < -0.3 is 15.4 Å². The van der Waals surface area contributed by atoms with Crippen LogP contribution in [0.25, 0.3) is 0 Å². The topological polar surface area (TPSA) is 50.4 Å². The molecule has 0 aliphatic carbocycles. The summed E-state index contributed by atoms with van der Waals surface area (Å²) in [6.45, 7) is 1.82. The van der Waals surface area contributed by atoms with Gasteiger partial charge >= 0.3 is 0 Å². The molecule has 1 atom stereocenters. The molecule has 0 unspecified atom stereocenters. The maximum Gasteiger partial charge on any atom is 0.238 e. The summed E-state index contributed by atoms with van der Waals surface area (Å²) in [7, 11) is 1.57. The van der Waals surface area contributed by atoms with Crippen LogP contribution < -0.4 is 15.4 Å². The number of hydrogen-bond acceptors (Lipinski definition) is 3. The zero-order chi connectivity index (χ0) is 16.8. The van der Waals surface area contributed by atoms with E-state index in [1.165, 1.54) is 6.07 Å². The van der Waals surface area contributed by atoms with Crippen LogP contribution in [0.4, 0.5) is 14.5 Å². The first kappa shape index (κ1) is 16.9. The van der Waals surface area contributed by atoms with Gasteiger partial charge in [0, 0.05) is 11.7 Å². The minimum absolute atomic E-state index is 0.0478. The molecule has 1 amide bonds. The van der Waals surface area contributed by atoms with Gasteiger partial charge in [0.2, 0.25) is 5.91 Å². The Morgan fingerprint density at radius 2 is 1.83 bits per heavy atom. The third-order valence-electron chi connectivity index (χ3n) is 3.39. The highest BCUT2D eigenvalue weighted by atomic mass is 19.2. The van der Waals surface area contributed by atoms with Crippen molar-refractivity contribution in [2.75, 3.05) is 19.0 Å². The number of amides is 1. The van der Waals surface area contributed by atoms with Crippen molar-refractivity contribution in [3.05, 3.63) is 59.7 Å². The first-order chi connectivity index (χ1) is 11.0. The molecule has 6 heteroatoms. The fourth-order valence-corrected chi connectivity index (χ4v) is 2.02. The molecule has 0 spiro atoms. The lowest BCUT2D eigenvalue weighted by Crippen LogP contribution is -2.30. The number of hydrogen-bond donors (Lipinski definition) is 2. The van der Waals surface area contributed by atoms with Crippen LogP contribution in [-0.2, 0) is 4.79 Å². The molecule has 0 fully saturated rings. The predicted octanol–water partition coefficient (Wildman–Crippen LogP) is 3.26. The summed E-state index contributed by atoms with van der Waals surface area (Å²) < 4.78 is 31.1. The maximum absolute atomic E-state index is 13.2. The molecule has 0 saturated carbocycles. The Morgan fingerprint density at radius 3 is 2.43 bits per heavy atom. The summed E-state index contributed by atoms with van der Waals surface area (Å²) in [5.74, 6) is -1.32. The number of carbonyl (C=O) groups excluding carboxylic acids is 1. The first-order valence-electron chi connectivity index (χ1n) is 7.12. The van der Waals surface area contributed by atoms with Crippen LogP contribution in [0.5, 0.6) is 5.75 Å². The van der Waals surface area contributed by atoms with Crippen molar-refractivity contribution in [1.29, 1.82) is 0 Å². The van der Waals surface area contributed by atoms with E-state index in [9.17, 15) is 13.6 Å². The molecule has 2 rings (SSSR count). The van der Waals surface area contributed by atoms with Crippen molar-refractivity contribution in [3.8, 4) is 5.75 Å². The van der Waals surface area contributed by atoms with Gasteiger partial charge in [-0.05, 0) is 48.9 Å². The van der Waals surface area contributed by atoms with Gasteiger partial charge in [0.05, 0.1) is 13.7 Å². The summed E-state index contributed by atoms with van der Waals surface area (Å²) in [4.78, 5) is 11.9. The van der Waals surface area contributed by atoms with Crippen LogP contribution in [0.15, 0.2) is 42.5 Å². The largest absolute Gasteiger partial charge is 0.497 e. The molecule has 2 aromatic carbocycles. The molecule has 122 valence electrons. The normalized spacial score (nSPS) is 11.8. The Morgan fingerprint density at radius 1 is 1.13 bits per heavy atom. The summed E-state index contributed by atoms with van der Waals surface area (Å²) >= 11 is 0. The SMILES string of the molecule is COc1ccc(NC(=O)CN[C@H](C)c2ccc(F)c(F)c2)cc1. The van der Waals surface area contributed by atoms with Gasteiger partial charge in [-0.1, -0.05) is 6.07 Å². The highest BCUT2D eigenvalue weighted by molar-refractivity contribution is 5.92. The van der Waals surface area contributed by atoms with E-state index in [1.54, 1.807) is 38.3 Å². The van der Waals surface area contributed by atoms with E-state index in [2.05, 4.69) is 10.6 Å². The third-order valence-corrected chi connectivity index (χ3v) is 3.39. The Labute approximate surface area is 133 Å². The van der Waals surface area contributed by atoms with Crippen LogP contribution in [0.1, 0.15) is 18.5 Å². The minimum Gasteiger partial charge on any atom is -0.497 e. The molecular weight excluding hydrogens is 302 g/mol. The number of ether oxygens (including phenoxy) is 1. The molecule has 0 saturated heterocycles. The van der Waals surface area contributed by atoms with Crippen LogP contribution in [-0.4, -0.2) is 19.6 Å². The highest BCUT2D eigenvalue weighted by Crippen LogP contribution is 2.16. The van der Waals surface area contributed by atoms with Crippen molar-refractivity contribution < 1.29 is 18.3 Å². The molecule has 0 aliphatic heterocycles. The van der Waals surface area contributed by atoms with E-state index < -0.39 is 11.6 Å². The fourth-order valence-electron chi connectivity index (χ4n) is 2.02. The van der Waals surface area contributed by atoms with E-state index in [1.807, 2.05) is 0 Å². The molecule has 0 heterocycles. The molecule has 2 N–H and O–H groups in total. The van der Waals surface area contributed by atoms with Crippen LogP contribution in [0, 0.1) is 11.6 Å². The van der Waals surface area contributed by atoms with Crippen molar-refractivity contribution in [2.24, 2.45) is 0 Å². The monoisotopic (exact) mass is 320 g/mol. The smallest absolute Gasteiger partial charge is 0.238 e. The first-order valence-corrected chi connectivity index (χ1v) is 7.12. The Balaban J connectivity index is 1.86. The number of anilines is 1. The summed E-state index contributed by atoms with van der Waals surface area (Å²) in [6.07, 6.45) is 0. The van der Waals surface area contributed by atoms with Crippen LogP contribution in [0.2, 0.25) is 0 Å². The Hall–Kier alpha value is -2.47. The zero-order valence-corrected chi connectivity index (χ0v) is 12.9. The van der Waals surface area contributed by atoms with Gasteiger partial charge in [0.25, 0.3) is 0 Å². The molecular formula is C17H18F2N2O2. The van der Waals surface area contributed by atoms with E-state index in [-0.39, 0.29) is 18.5 Å². The third kappa shape index (κ3) is 4.75. The molecule has 23 heavy (non-hydrogen) atoms. The van der Waals surface area contributed by atoms with Crippen molar-refractivity contribution in [1.82, 2.24) is 5.32 Å². The van der Waals surface area contributed by atoms with Crippen LogP contribution in [0.3, 0.4) is 0 Å². The minimum atomic E-state index is -0.904. The van der Waals surface area contributed by atoms with E-state index in [0.29, 0.717) is 17.0 Å². The predicted molar refractivity (Wildman–Crippen MR) is 84.4 cm³/mol. The molecule has 2 aromatic rings. The number of halogens is 2. The molecule has 0 aromatic heterocycles. The lowest BCUT2D eigenvalue weighted by atomic mass is 10.1. The number of rotatable bonds is 6.